The first-order chi connectivity index (χ1) is 28.6. The summed E-state index contributed by atoms with van der Waals surface area (Å²) in [7, 11) is -1.97. The van der Waals surface area contributed by atoms with E-state index in [1.54, 1.807) is 22.9 Å². The smallest absolute Gasteiger partial charge is 0.331 e. The van der Waals surface area contributed by atoms with Gasteiger partial charge in [-0.05, 0) is 60.8 Å². The second-order valence-corrected chi connectivity index (χ2v) is 17.8. The second-order valence-electron chi connectivity index (χ2n) is 15.6. The number of hydrogen-bond acceptors (Lipinski definition) is 8. The minimum absolute atomic E-state index is 0.115. The molecule has 59 heavy (non-hydrogen) atoms. The molecule has 3 aromatic carbocycles. The maximum atomic E-state index is 14.3. The molecule has 13 nitrogen and oxygen atoms in total. The Morgan fingerprint density at radius 2 is 1.39 bits per heavy atom. The van der Waals surface area contributed by atoms with E-state index in [-0.39, 0.29) is 49.9 Å². The zero-order valence-corrected chi connectivity index (χ0v) is 35.2. The molecule has 0 spiro atoms. The Morgan fingerprint density at radius 1 is 0.763 bits per heavy atom. The van der Waals surface area contributed by atoms with Crippen molar-refractivity contribution in [2.24, 2.45) is 5.92 Å². The van der Waals surface area contributed by atoms with Gasteiger partial charge in [0.15, 0.2) is 0 Å². The Kier molecular flexibility index (Phi) is 15.4. The molecule has 2 aliphatic rings. The fraction of sp³-hybridized carbons (Fsp3) is 0.467. The quantitative estimate of drug-likeness (QED) is 0.0825. The molecular weight excluding hydrogens is 769 g/mol. The molecule has 2 saturated heterocycles. The van der Waals surface area contributed by atoms with Crippen LogP contribution in [0, 0.1) is 5.92 Å². The van der Waals surface area contributed by atoms with Crippen molar-refractivity contribution in [3.05, 3.63) is 108 Å². The summed E-state index contributed by atoms with van der Waals surface area (Å²) < 4.78 is 27.6. The minimum atomic E-state index is -3.52. The molecule has 0 saturated carbocycles. The van der Waals surface area contributed by atoms with Crippen LogP contribution >= 0.6 is 7.60 Å². The van der Waals surface area contributed by atoms with E-state index < -0.39 is 43.6 Å². The lowest BCUT2D eigenvalue weighted by molar-refractivity contribution is -0.147. The standard InChI is InChI=1S/C45H58N5O8P/c1-4-32(2)41-45(54)49-26-16-15-25-40(49)44(53)46-37(42(51)47-38(43(52)48-41)28-35-29-50(56-3)39-24-14-13-22-36(35)39)23-12-7-17-27-59(55,57-30-33-18-8-5-9-19-33)58-31-34-20-10-6-11-21-34/h5-6,8-11,13-14,18-22,24,29,32,37-38,40-41H,4,7,12,15-17,23,25-28,30-31H2,1-3H3,(H,46,53)(H,47,51)(H,48,52)/t32?,37-,38-,40+,41-/m0/s1. The maximum absolute atomic E-state index is 14.3. The van der Waals surface area contributed by atoms with E-state index in [0.29, 0.717) is 38.6 Å². The van der Waals surface area contributed by atoms with Gasteiger partial charge in [-0.3, -0.25) is 23.7 Å². The number of carbonyl (C=O) groups is 4. The minimum Gasteiger partial charge on any atom is -0.417 e. The molecule has 0 bridgehead atoms. The highest BCUT2D eigenvalue weighted by Crippen LogP contribution is 2.50. The summed E-state index contributed by atoms with van der Waals surface area (Å²) >= 11 is 0. The van der Waals surface area contributed by atoms with Crippen molar-refractivity contribution in [2.75, 3.05) is 19.8 Å². The Hall–Kier alpha value is -4.97. The molecule has 4 amide bonds. The zero-order valence-electron chi connectivity index (χ0n) is 34.3. The van der Waals surface area contributed by atoms with Crippen molar-refractivity contribution in [2.45, 2.75) is 109 Å². The van der Waals surface area contributed by atoms with Crippen LogP contribution in [0.3, 0.4) is 0 Å². The van der Waals surface area contributed by atoms with Crippen molar-refractivity contribution >= 4 is 42.1 Å². The number of fused-ring (bicyclic) bond motifs is 2. The molecule has 4 aromatic rings. The maximum Gasteiger partial charge on any atom is 0.331 e. The van der Waals surface area contributed by atoms with E-state index in [0.717, 1.165) is 40.4 Å². The Balaban J connectivity index is 1.19. The average molecular weight is 828 g/mol. The van der Waals surface area contributed by atoms with Gasteiger partial charge in [-0.2, -0.15) is 4.73 Å². The first-order valence-electron chi connectivity index (χ1n) is 20.9. The summed E-state index contributed by atoms with van der Waals surface area (Å²) in [5.74, 6) is -1.87. The van der Waals surface area contributed by atoms with Gasteiger partial charge in [0.1, 0.15) is 31.3 Å². The third-order valence-electron chi connectivity index (χ3n) is 11.5. The summed E-state index contributed by atoms with van der Waals surface area (Å²) in [4.78, 5) is 64.1. The van der Waals surface area contributed by atoms with E-state index in [9.17, 15) is 23.7 Å². The highest BCUT2D eigenvalue weighted by atomic mass is 31.2. The number of piperidine rings is 1. The molecular formula is C45H58N5O8P. The number of rotatable bonds is 17. The van der Waals surface area contributed by atoms with Gasteiger partial charge < -0.3 is 34.7 Å². The Morgan fingerprint density at radius 3 is 2.05 bits per heavy atom. The van der Waals surface area contributed by atoms with Crippen LogP contribution in [-0.2, 0) is 52.4 Å². The fourth-order valence-corrected chi connectivity index (χ4v) is 9.48. The fourth-order valence-electron chi connectivity index (χ4n) is 7.84. The van der Waals surface area contributed by atoms with Gasteiger partial charge >= 0.3 is 7.60 Å². The van der Waals surface area contributed by atoms with Gasteiger partial charge in [-0.25, -0.2) is 0 Å². The van der Waals surface area contributed by atoms with E-state index in [2.05, 4.69) is 16.0 Å². The van der Waals surface area contributed by atoms with Crippen LogP contribution in [0.2, 0.25) is 0 Å². The topological polar surface area (TPSA) is 157 Å². The van der Waals surface area contributed by atoms with Crippen LogP contribution in [0.4, 0.5) is 0 Å². The van der Waals surface area contributed by atoms with Crippen LogP contribution in [-0.4, -0.2) is 77.2 Å². The molecule has 2 fully saturated rings. The number of amides is 4. The predicted octanol–water partition coefficient (Wildman–Crippen LogP) is 6.32. The van der Waals surface area contributed by atoms with E-state index in [4.69, 9.17) is 13.9 Å². The van der Waals surface area contributed by atoms with Crippen molar-refractivity contribution in [1.82, 2.24) is 25.6 Å². The largest absolute Gasteiger partial charge is 0.417 e. The van der Waals surface area contributed by atoms with E-state index in [1.807, 2.05) is 98.8 Å². The molecule has 1 unspecified atom stereocenters. The van der Waals surface area contributed by atoms with Gasteiger partial charge in [0.05, 0.1) is 24.9 Å². The lowest BCUT2D eigenvalue weighted by Gasteiger charge is -2.39. The molecule has 5 atom stereocenters. The molecule has 0 radical (unpaired) electrons. The lowest BCUT2D eigenvalue weighted by atomic mass is 9.93. The molecule has 0 aliphatic carbocycles. The summed E-state index contributed by atoms with van der Waals surface area (Å²) in [5.41, 5.74) is 3.33. The predicted molar refractivity (Wildman–Crippen MR) is 226 cm³/mol. The number of unbranched alkanes of at least 4 members (excludes halogenated alkanes) is 2. The summed E-state index contributed by atoms with van der Waals surface area (Å²) in [6.07, 6.45) is 6.46. The molecule has 3 heterocycles. The number of benzene rings is 3. The average Bonchev–Trinajstić information content (AvgIpc) is 3.63. The van der Waals surface area contributed by atoms with Gasteiger partial charge in [0.25, 0.3) is 0 Å². The molecule has 1 aromatic heterocycles. The summed E-state index contributed by atoms with van der Waals surface area (Å²) in [6, 6.07) is 23.0. The van der Waals surface area contributed by atoms with E-state index in [1.165, 1.54) is 0 Å². The second kappa shape index (κ2) is 20.8. The number of nitrogens with zero attached hydrogens (tertiary/aromatic N) is 2. The highest BCUT2D eigenvalue weighted by Gasteiger charge is 2.41. The van der Waals surface area contributed by atoms with Crippen LogP contribution in [0.5, 0.6) is 0 Å². The van der Waals surface area contributed by atoms with Crippen molar-refractivity contribution < 1.29 is 37.6 Å². The van der Waals surface area contributed by atoms with Crippen LogP contribution in [0.25, 0.3) is 10.9 Å². The molecule has 316 valence electrons. The molecule has 6 rings (SSSR count). The SMILES string of the molecule is CCC(C)[C@@H]1NC(=O)[C@H](Cc2cn(OC)c3ccccc23)NC(=O)[C@H](CCCCCP(=O)(OCc2ccccc2)OCc2ccccc2)NC(=O)[C@H]2CCCCN2C1=O. The first kappa shape index (κ1) is 43.6. The normalized spacial score (nSPS) is 21.1. The van der Waals surface area contributed by atoms with Gasteiger partial charge in [-0.1, -0.05) is 112 Å². The number of hydrogen-bond donors (Lipinski definition) is 3. The number of nitrogens with one attached hydrogen (secondary N) is 3. The Bertz CT molecular complexity index is 2030. The lowest BCUT2D eigenvalue weighted by Crippen LogP contribution is -2.64. The molecule has 3 N–H and O–H groups in total. The number of aromatic nitrogens is 1. The third-order valence-corrected chi connectivity index (χ3v) is 13.4. The van der Waals surface area contributed by atoms with Crippen molar-refractivity contribution in [3.8, 4) is 0 Å². The monoisotopic (exact) mass is 827 g/mol. The van der Waals surface area contributed by atoms with Gasteiger partial charge in [0, 0.05) is 24.5 Å². The van der Waals surface area contributed by atoms with E-state index >= 15 is 0 Å². The highest BCUT2D eigenvalue weighted by molar-refractivity contribution is 7.53. The van der Waals surface area contributed by atoms with Gasteiger partial charge in [-0.15, -0.1) is 0 Å². The van der Waals surface area contributed by atoms with Crippen LogP contribution in [0.1, 0.15) is 81.9 Å². The summed E-state index contributed by atoms with van der Waals surface area (Å²) in [6.45, 7) is 4.53. The number of para-hydroxylation sites is 1. The summed E-state index contributed by atoms with van der Waals surface area (Å²) in [5, 5.41) is 9.81. The van der Waals surface area contributed by atoms with Crippen LogP contribution in [0.15, 0.2) is 91.1 Å². The Labute approximate surface area is 347 Å². The first-order valence-corrected chi connectivity index (χ1v) is 22.6. The third kappa shape index (κ3) is 11.4. The zero-order chi connectivity index (χ0) is 41.8. The number of carbonyl (C=O) groups excluding carboxylic acids is 4. The molecule has 2 aliphatic heterocycles. The van der Waals surface area contributed by atoms with Crippen LogP contribution < -0.4 is 20.8 Å². The van der Waals surface area contributed by atoms with Gasteiger partial charge in [0.2, 0.25) is 23.6 Å². The van der Waals surface area contributed by atoms with Crippen molar-refractivity contribution in [3.63, 3.8) is 0 Å². The molecule has 14 heteroatoms. The van der Waals surface area contributed by atoms with Crippen molar-refractivity contribution in [1.29, 1.82) is 0 Å².